The minimum absolute atomic E-state index is 0.299. The van der Waals surface area contributed by atoms with E-state index in [1.165, 1.54) is 5.56 Å². The van der Waals surface area contributed by atoms with Gasteiger partial charge in [-0.25, -0.2) is 0 Å². The molecule has 17 heavy (non-hydrogen) atoms. The van der Waals surface area contributed by atoms with Gasteiger partial charge in [0.1, 0.15) is 0 Å². The smallest absolute Gasteiger partial charge is 0.0823 e. The van der Waals surface area contributed by atoms with Crippen molar-refractivity contribution in [1.29, 1.82) is 0 Å². The van der Waals surface area contributed by atoms with Gasteiger partial charge in [0.25, 0.3) is 0 Å². The van der Waals surface area contributed by atoms with Gasteiger partial charge < -0.3 is 9.84 Å². The van der Waals surface area contributed by atoms with E-state index < -0.39 is 0 Å². The second-order valence-electron chi connectivity index (χ2n) is 5.10. The van der Waals surface area contributed by atoms with Gasteiger partial charge >= 0.3 is 0 Å². The molecule has 1 aromatic rings. The molecule has 0 saturated heterocycles. The van der Waals surface area contributed by atoms with Gasteiger partial charge in [-0.05, 0) is 42.2 Å². The summed E-state index contributed by atoms with van der Waals surface area (Å²) < 4.78 is 5.13. The average Bonchev–Trinajstić information content (AvgIpc) is 2.37. The lowest BCUT2D eigenvalue weighted by Gasteiger charge is -2.34. The fraction of sp³-hybridized carbons (Fsp3) is 0.600. The fourth-order valence-electron chi connectivity index (χ4n) is 2.87. The summed E-state index contributed by atoms with van der Waals surface area (Å²) in [5.74, 6) is 0.887. The summed E-state index contributed by atoms with van der Waals surface area (Å²) in [6.45, 7) is 3.01. The van der Waals surface area contributed by atoms with Crippen molar-refractivity contribution in [2.75, 3.05) is 13.7 Å². The zero-order valence-electron chi connectivity index (χ0n) is 10.7. The Morgan fingerprint density at radius 1 is 1.41 bits per heavy atom. The summed E-state index contributed by atoms with van der Waals surface area (Å²) in [7, 11) is 1.74. The van der Waals surface area contributed by atoms with Crippen LogP contribution in [-0.4, -0.2) is 18.8 Å². The van der Waals surface area contributed by atoms with Gasteiger partial charge in [0.15, 0.2) is 0 Å². The normalized spacial score (nSPS) is 25.4. The van der Waals surface area contributed by atoms with E-state index in [0.29, 0.717) is 11.8 Å². The number of aliphatic hydroxyl groups excluding tert-OH is 1. The van der Waals surface area contributed by atoms with Crippen molar-refractivity contribution in [1.82, 2.24) is 0 Å². The first-order valence-electron chi connectivity index (χ1n) is 6.49. The van der Waals surface area contributed by atoms with Crippen LogP contribution in [0, 0.1) is 11.8 Å². The van der Waals surface area contributed by atoms with Crippen LogP contribution in [0.5, 0.6) is 0 Å². The SMILES string of the molecule is COCCC(C)C1CCc2ccccc2C1O. The molecule has 0 bridgehead atoms. The van der Waals surface area contributed by atoms with Gasteiger partial charge in [0.05, 0.1) is 6.10 Å². The van der Waals surface area contributed by atoms with Gasteiger partial charge in [-0.2, -0.15) is 0 Å². The minimum Gasteiger partial charge on any atom is -0.388 e. The van der Waals surface area contributed by atoms with Crippen molar-refractivity contribution in [2.24, 2.45) is 11.8 Å². The van der Waals surface area contributed by atoms with Crippen LogP contribution in [0.4, 0.5) is 0 Å². The molecule has 1 aromatic carbocycles. The molecule has 0 aliphatic heterocycles. The molecule has 1 N–H and O–H groups in total. The number of aliphatic hydroxyl groups is 1. The average molecular weight is 234 g/mol. The lowest BCUT2D eigenvalue weighted by molar-refractivity contribution is 0.0500. The van der Waals surface area contributed by atoms with Crippen molar-refractivity contribution in [3.8, 4) is 0 Å². The maximum absolute atomic E-state index is 10.5. The van der Waals surface area contributed by atoms with E-state index in [0.717, 1.165) is 31.4 Å². The van der Waals surface area contributed by atoms with Crippen molar-refractivity contribution >= 4 is 0 Å². The first kappa shape index (κ1) is 12.6. The van der Waals surface area contributed by atoms with Crippen LogP contribution in [0.25, 0.3) is 0 Å². The molecule has 2 rings (SSSR count). The molecule has 0 aromatic heterocycles. The van der Waals surface area contributed by atoms with Gasteiger partial charge in [-0.3, -0.25) is 0 Å². The van der Waals surface area contributed by atoms with Gasteiger partial charge in [0, 0.05) is 13.7 Å². The van der Waals surface area contributed by atoms with Crippen LogP contribution in [-0.2, 0) is 11.2 Å². The number of ether oxygens (including phenoxy) is 1. The Bertz CT molecular complexity index is 362. The lowest BCUT2D eigenvalue weighted by atomic mass is 9.74. The molecule has 3 unspecified atom stereocenters. The quantitative estimate of drug-likeness (QED) is 0.868. The van der Waals surface area contributed by atoms with Crippen molar-refractivity contribution in [2.45, 2.75) is 32.3 Å². The Balaban J connectivity index is 2.08. The number of benzene rings is 1. The van der Waals surface area contributed by atoms with Gasteiger partial charge in [-0.1, -0.05) is 31.2 Å². The van der Waals surface area contributed by atoms with E-state index in [1.807, 2.05) is 6.07 Å². The maximum atomic E-state index is 10.5. The van der Waals surface area contributed by atoms with Crippen LogP contribution in [0.2, 0.25) is 0 Å². The molecule has 0 radical (unpaired) electrons. The summed E-state index contributed by atoms with van der Waals surface area (Å²) in [6.07, 6.45) is 2.91. The second-order valence-corrected chi connectivity index (χ2v) is 5.10. The molecule has 2 nitrogen and oxygen atoms in total. The predicted molar refractivity (Wildman–Crippen MR) is 68.9 cm³/mol. The fourth-order valence-corrected chi connectivity index (χ4v) is 2.87. The van der Waals surface area contributed by atoms with Crippen LogP contribution in [0.15, 0.2) is 24.3 Å². The molecule has 2 heteroatoms. The Morgan fingerprint density at radius 2 is 2.18 bits per heavy atom. The van der Waals surface area contributed by atoms with Crippen LogP contribution in [0.1, 0.15) is 37.0 Å². The topological polar surface area (TPSA) is 29.5 Å². The van der Waals surface area contributed by atoms with Crippen molar-refractivity contribution in [3.63, 3.8) is 0 Å². The monoisotopic (exact) mass is 234 g/mol. The molecule has 0 saturated carbocycles. The zero-order chi connectivity index (χ0) is 12.3. The number of methoxy groups -OCH3 is 1. The molecule has 3 atom stereocenters. The maximum Gasteiger partial charge on any atom is 0.0823 e. The van der Waals surface area contributed by atoms with Crippen LogP contribution in [0.3, 0.4) is 0 Å². The number of hydrogen-bond acceptors (Lipinski definition) is 2. The summed E-state index contributed by atoms with van der Waals surface area (Å²) in [4.78, 5) is 0. The van der Waals surface area contributed by atoms with Crippen LogP contribution >= 0.6 is 0 Å². The Hall–Kier alpha value is -0.860. The Morgan fingerprint density at radius 3 is 2.94 bits per heavy atom. The minimum atomic E-state index is -0.299. The zero-order valence-corrected chi connectivity index (χ0v) is 10.7. The molecule has 1 aliphatic rings. The van der Waals surface area contributed by atoms with Crippen molar-refractivity contribution in [3.05, 3.63) is 35.4 Å². The number of rotatable bonds is 4. The van der Waals surface area contributed by atoms with E-state index in [1.54, 1.807) is 7.11 Å². The largest absolute Gasteiger partial charge is 0.388 e. The number of aryl methyl sites for hydroxylation is 1. The molecule has 0 heterocycles. The molecule has 0 spiro atoms. The molecule has 1 aliphatic carbocycles. The lowest BCUT2D eigenvalue weighted by Crippen LogP contribution is -2.26. The highest BCUT2D eigenvalue weighted by molar-refractivity contribution is 5.31. The highest BCUT2D eigenvalue weighted by Crippen LogP contribution is 2.39. The summed E-state index contributed by atoms with van der Waals surface area (Å²) in [5.41, 5.74) is 2.45. The molecule has 0 amide bonds. The second kappa shape index (κ2) is 5.65. The predicted octanol–water partition coefficient (Wildman–Crippen LogP) is 2.96. The summed E-state index contributed by atoms with van der Waals surface area (Å²) >= 11 is 0. The highest BCUT2D eigenvalue weighted by atomic mass is 16.5. The molecule has 94 valence electrons. The van der Waals surface area contributed by atoms with Gasteiger partial charge in [-0.15, -0.1) is 0 Å². The third-order valence-electron chi connectivity index (χ3n) is 4.03. The van der Waals surface area contributed by atoms with Gasteiger partial charge in [0.2, 0.25) is 0 Å². The third-order valence-corrected chi connectivity index (χ3v) is 4.03. The van der Waals surface area contributed by atoms with E-state index in [9.17, 15) is 5.11 Å². The third kappa shape index (κ3) is 2.70. The van der Waals surface area contributed by atoms with Crippen LogP contribution < -0.4 is 0 Å². The Kier molecular flexibility index (Phi) is 4.19. The standard InChI is InChI=1S/C15H22O2/c1-11(9-10-17-2)13-8-7-12-5-3-4-6-14(12)15(13)16/h3-6,11,13,15-16H,7-10H2,1-2H3. The first-order valence-corrected chi connectivity index (χ1v) is 6.49. The summed E-state index contributed by atoms with van der Waals surface area (Å²) in [5, 5.41) is 10.5. The molecular formula is C15H22O2. The number of fused-ring (bicyclic) bond motifs is 1. The molecule has 0 fully saturated rings. The van der Waals surface area contributed by atoms with E-state index in [2.05, 4.69) is 25.1 Å². The van der Waals surface area contributed by atoms with E-state index in [4.69, 9.17) is 4.74 Å². The van der Waals surface area contributed by atoms with E-state index >= 15 is 0 Å². The highest BCUT2D eigenvalue weighted by Gasteiger charge is 2.31. The van der Waals surface area contributed by atoms with E-state index in [-0.39, 0.29) is 6.10 Å². The van der Waals surface area contributed by atoms with Crippen molar-refractivity contribution < 1.29 is 9.84 Å². The Labute approximate surface area is 104 Å². The molecular weight excluding hydrogens is 212 g/mol. The summed E-state index contributed by atoms with van der Waals surface area (Å²) in [6, 6.07) is 8.27. The number of hydrogen-bond donors (Lipinski definition) is 1. The first-order chi connectivity index (χ1) is 8.24.